The summed E-state index contributed by atoms with van der Waals surface area (Å²) in [5, 5.41) is 6.96. The number of amides is 1. The zero-order chi connectivity index (χ0) is 17.8. The van der Waals surface area contributed by atoms with Crippen LogP contribution in [0.25, 0.3) is 10.2 Å². The maximum atomic E-state index is 12.9. The molecule has 9 heteroatoms. The second-order valence-electron chi connectivity index (χ2n) is 5.47. The van der Waals surface area contributed by atoms with Gasteiger partial charge in [0.2, 0.25) is 0 Å². The highest BCUT2D eigenvalue weighted by atomic mass is 32.1. The van der Waals surface area contributed by atoms with Crippen LogP contribution in [0.4, 0.5) is 5.82 Å². The average molecular weight is 377 g/mol. The van der Waals surface area contributed by atoms with Crippen molar-refractivity contribution < 1.29 is 9.53 Å². The van der Waals surface area contributed by atoms with E-state index in [-0.39, 0.29) is 5.91 Å². The van der Waals surface area contributed by atoms with Crippen molar-refractivity contribution in [1.29, 1.82) is 0 Å². The predicted molar refractivity (Wildman–Crippen MR) is 100 cm³/mol. The van der Waals surface area contributed by atoms with Gasteiger partial charge in [0.25, 0.3) is 5.91 Å². The van der Waals surface area contributed by atoms with E-state index < -0.39 is 0 Å². The molecule has 25 heavy (non-hydrogen) atoms. The van der Waals surface area contributed by atoms with Gasteiger partial charge in [0.1, 0.15) is 22.0 Å². The highest BCUT2D eigenvalue weighted by molar-refractivity contribution is 7.20. The first kappa shape index (κ1) is 17.7. The van der Waals surface area contributed by atoms with Crippen molar-refractivity contribution in [3.8, 4) is 0 Å². The molecule has 7 nitrogen and oxygen atoms in total. The molecule has 3 rings (SSSR count). The van der Waals surface area contributed by atoms with Crippen molar-refractivity contribution >= 4 is 44.6 Å². The van der Waals surface area contributed by atoms with Gasteiger partial charge >= 0.3 is 0 Å². The van der Waals surface area contributed by atoms with E-state index in [4.69, 9.17) is 4.74 Å². The van der Waals surface area contributed by atoms with Gasteiger partial charge in [-0.15, -0.1) is 22.7 Å². The number of anilines is 1. The second-order valence-corrected chi connectivity index (χ2v) is 7.44. The molecule has 0 atom stereocenters. The number of hydrogen-bond acceptors (Lipinski definition) is 8. The van der Waals surface area contributed by atoms with Gasteiger partial charge in [-0.05, 0) is 12.5 Å². The van der Waals surface area contributed by atoms with E-state index in [2.05, 4.69) is 20.3 Å². The third-order valence-electron chi connectivity index (χ3n) is 3.72. The highest BCUT2D eigenvalue weighted by Gasteiger charge is 2.22. The van der Waals surface area contributed by atoms with Crippen LogP contribution in [-0.2, 0) is 11.3 Å². The molecule has 0 aliphatic heterocycles. The molecule has 3 aromatic rings. The Bertz CT molecular complexity index is 863. The van der Waals surface area contributed by atoms with E-state index in [0.717, 1.165) is 26.6 Å². The fraction of sp³-hybridized carbons (Fsp3) is 0.375. The first-order valence-corrected chi connectivity index (χ1v) is 9.42. The molecule has 1 amide bonds. The number of carbonyl (C=O) groups excluding carboxylic acids is 1. The zero-order valence-corrected chi connectivity index (χ0v) is 15.9. The molecule has 0 aliphatic carbocycles. The van der Waals surface area contributed by atoms with E-state index in [1.165, 1.54) is 17.7 Å². The maximum Gasteiger partial charge on any atom is 0.264 e. The number of thiazole rings is 1. The van der Waals surface area contributed by atoms with Crippen LogP contribution < -0.4 is 5.32 Å². The first-order chi connectivity index (χ1) is 12.1. The van der Waals surface area contributed by atoms with Gasteiger partial charge in [0.05, 0.1) is 23.4 Å². The average Bonchev–Trinajstić information content (AvgIpc) is 3.23. The van der Waals surface area contributed by atoms with E-state index in [1.54, 1.807) is 36.6 Å². The molecule has 3 heterocycles. The highest BCUT2D eigenvalue weighted by Crippen LogP contribution is 2.34. The predicted octanol–water partition coefficient (Wildman–Crippen LogP) is 2.79. The van der Waals surface area contributed by atoms with Gasteiger partial charge in [0.15, 0.2) is 0 Å². The molecule has 3 aromatic heterocycles. The Labute approximate surface area is 153 Å². The molecular weight excluding hydrogens is 358 g/mol. The van der Waals surface area contributed by atoms with E-state index >= 15 is 0 Å². The standard InChI is InChI=1S/C16H19N5O2S2/c1-10-12-14(18-4-6-23-3)19-9-20-15(12)25-13(10)16(22)21(2)8-11-17-5-7-24-11/h5,7,9H,4,6,8H2,1-3H3,(H,18,19,20). The maximum absolute atomic E-state index is 12.9. The number of aromatic nitrogens is 3. The van der Waals surface area contributed by atoms with Crippen molar-refractivity contribution in [3.63, 3.8) is 0 Å². The number of hydrogen-bond donors (Lipinski definition) is 1. The summed E-state index contributed by atoms with van der Waals surface area (Å²) in [5.74, 6) is 0.705. The van der Waals surface area contributed by atoms with Gasteiger partial charge in [-0.3, -0.25) is 4.79 Å². The molecule has 132 valence electrons. The van der Waals surface area contributed by atoms with E-state index in [1.807, 2.05) is 12.3 Å². The number of nitrogens with zero attached hydrogens (tertiary/aromatic N) is 4. The number of carbonyl (C=O) groups is 1. The molecule has 1 N–H and O–H groups in total. The molecule has 0 aromatic carbocycles. The lowest BCUT2D eigenvalue weighted by Gasteiger charge is -2.15. The summed E-state index contributed by atoms with van der Waals surface area (Å²) in [5.41, 5.74) is 0.900. The first-order valence-electron chi connectivity index (χ1n) is 7.72. The van der Waals surface area contributed by atoms with E-state index in [9.17, 15) is 4.79 Å². The van der Waals surface area contributed by atoms with Crippen molar-refractivity contribution in [2.45, 2.75) is 13.5 Å². The Morgan fingerprint density at radius 1 is 1.36 bits per heavy atom. The SMILES string of the molecule is COCCNc1ncnc2sc(C(=O)N(C)Cc3nccs3)c(C)c12. The molecule has 0 saturated carbocycles. The number of fused-ring (bicyclic) bond motifs is 1. The molecule has 0 fully saturated rings. The summed E-state index contributed by atoms with van der Waals surface area (Å²) in [4.78, 5) is 28.9. The Kier molecular flexibility index (Phi) is 5.57. The fourth-order valence-electron chi connectivity index (χ4n) is 2.46. The van der Waals surface area contributed by atoms with Crippen molar-refractivity contribution in [2.24, 2.45) is 0 Å². The minimum absolute atomic E-state index is 0.0291. The zero-order valence-electron chi connectivity index (χ0n) is 14.3. The summed E-state index contributed by atoms with van der Waals surface area (Å²) >= 11 is 2.94. The fourth-order valence-corrected chi connectivity index (χ4v) is 4.27. The molecule has 0 saturated heterocycles. The Balaban J connectivity index is 1.87. The van der Waals surface area contributed by atoms with Crippen LogP contribution in [-0.4, -0.2) is 53.1 Å². The lowest BCUT2D eigenvalue weighted by atomic mass is 10.2. The van der Waals surface area contributed by atoms with Crippen LogP contribution in [0.2, 0.25) is 0 Å². The van der Waals surface area contributed by atoms with Gasteiger partial charge < -0.3 is 15.0 Å². The van der Waals surface area contributed by atoms with Gasteiger partial charge in [-0.25, -0.2) is 15.0 Å². The number of thiophene rings is 1. The van der Waals surface area contributed by atoms with E-state index in [0.29, 0.717) is 24.6 Å². The van der Waals surface area contributed by atoms with Crippen LogP contribution in [0, 0.1) is 6.92 Å². The Morgan fingerprint density at radius 3 is 2.92 bits per heavy atom. The molecule has 0 spiro atoms. The van der Waals surface area contributed by atoms with Crippen molar-refractivity contribution in [1.82, 2.24) is 19.9 Å². The summed E-state index contributed by atoms with van der Waals surface area (Å²) in [7, 11) is 3.44. The summed E-state index contributed by atoms with van der Waals surface area (Å²) in [6.45, 7) is 3.66. The number of rotatable bonds is 7. The van der Waals surface area contributed by atoms with Crippen molar-refractivity contribution in [2.75, 3.05) is 32.6 Å². The molecule has 0 aliphatic rings. The smallest absolute Gasteiger partial charge is 0.264 e. The molecule has 0 unspecified atom stereocenters. The summed E-state index contributed by atoms with van der Waals surface area (Å²) < 4.78 is 5.06. The lowest BCUT2D eigenvalue weighted by molar-refractivity contribution is 0.0789. The summed E-state index contributed by atoms with van der Waals surface area (Å²) in [6, 6.07) is 0. The Hall–Kier alpha value is -2.10. The minimum atomic E-state index is -0.0291. The van der Waals surface area contributed by atoms with Crippen molar-refractivity contribution in [3.05, 3.63) is 33.4 Å². The van der Waals surface area contributed by atoms with Crippen LogP contribution in [0.3, 0.4) is 0 Å². The second kappa shape index (κ2) is 7.85. The number of nitrogens with one attached hydrogen (secondary N) is 1. The van der Waals surface area contributed by atoms with Crippen LogP contribution in [0.5, 0.6) is 0 Å². The summed E-state index contributed by atoms with van der Waals surface area (Å²) in [6.07, 6.45) is 3.26. The largest absolute Gasteiger partial charge is 0.383 e. The van der Waals surface area contributed by atoms with Gasteiger partial charge in [-0.2, -0.15) is 0 Å². The quantitative estimate of drug-likeness (QED) is 0.638. The van der Waals surface area contributed by atoms with Crippen LogP contribution in [0.15, 0.2) is 17.9 Å². The van der Waals surface area contributed by atoms with Crippen LogP contribution >= 0.6 is 22.7 Å². The van der Waals surface area contributed by atoms with Gasteiger partial charge in [0, 0.05) is 32.3 Å². The van der Waals surface area contributed by atoms with Crippen LogP contribution in [0.1, 0.15) is 20.2 Å². The monoisotopic (exact) mass is 377 g/mol. The topological polar surface area (TPSA) is 80.2 Å². The molecule has 0 bridgehead atoms. The minimum Gasteiger partial charge on any atom is -0.383 e. The number of ether oxygens (including phenoxy) is 1. The third-order valence-corrected chi connectivity index (χ3v) is 5.67. The molecular formula is C16H19N5O2S2. The normalized spacial score (nSPS) is 11.0. The lowest BCUT2D eigenvalue weighted by Crippen LogP contribution is -2.25. The third kappa shape index (κ3) is 3.78. The number of methoxy groups -OCH3 is 1. The molecule has 0 radical (unpaired) electrons. The Morgan fingerprint density at radius 2 is 2.20 bits per heavy atom. The number of aryl methyl sites for hydroxylation is 1. The van der Waals surface area contributed by atoms with Gasteiger partial charge in [-0.1, -0.05) is 0 Å².